The predicted octanol–water partition coefficient (Wildman–Crippen LogP) is 4.33. The first-order valence-corrected chi connectivity index (χ1v) is 7.05. The molecule has 1 N–H and O–H groups in total. The maximum absolute atomic E-state index is 9.74. The van der Waals surface area contributed by atoms with Crippen molar-refractivity contribution in [2.24, 2.45) is 0 Å². The molecular formula is C9H9I3O. The maximum atomic E-state index is 9.74. The zero-order chi connectivity index (χ0) is 10.2. The molecule has 0 aliphatic carbocycles. The molecule has 1 nitrogen and oxygen atoms in total. The van der Waals surface area contributed by atoms with E-state index in [1.807, 2.05) is 6.07 Å². The Morgan fingerprint density at radius 3 is 2.15 bits per heavy atom. The van der Waals surface area contributed by atoms with Crippen molar-refractivity contribution in [1.82, 2.24) is 0 Å². The van der Waals surface area contributed by atoms with Gasteiger partial charge in [-0.1, -0.05) is 13.8 Å². The Morgan fingerprint density at radius 2 is 1.69 bits per heavy atom. The van der Waals surface area contributed by atoms with E-state index in [-0.39, 0.29) is 0 Å². The monoisotopic (exact) mass is 514 g/mol. The lowest BCUT2D eigenvalue weighted by Gasteiger charge is -2.13. The molecule has 4 heteroatoms. The third-order valence-corrected chi connectivity index (χ3v) is 4.57. The highest BCUT2D eigenvalue weighted by Crippen LogP contribution is 2.35. The first kappa shape index (κ1) is 12.3. The number of halogens is 3. The highest BCUT2D eigenvalue weighted by molar-refractivity contribution is 14.1. The molecule has 0 atom stereocenters. The van der Waals surface area contributed by atoms with Gasteiger partial charge in [0, 0.05) is 3.57 Å². The normalized spacial score (nSPS) is 10.9. The number of rotatable bonds is 1. The smallest absolute Gasteiger partial charge is 0.142 e. The van der Waals surface area contributed by atoms with Crippen molar-refractivity contribution in [3.63, 3.8) is 0 Å². The van der Waals surface area contributed by atoms with E-state index in [9.17, 15) is 5.11 Å². The largest absolute Gasteiger partial charge is 0.506 e. The van der Waals surface area contributed by atoms with Crippen LogP contribution < -0.4 is 0 Å². The summed E-state index contributed by atoms with van der Waals surface area (Å²) >= 11 is 6.69. The number of phenols is 1. The topological polar surface area (TPSA) is 20.2 Å². The molecule has 1 rings (SSSR count). The van der Waals surface area contributed by atoms with E-state index >= 15 is 0 Å². The standard InChI is InChI=1S/C9H9I3O/c1-4(2)7-5(10)3-6(11)9(13)8(7)12/h3-4,13H,1-2H3. The van der Waals surface area contributed by atoms with Crippen molar-refractivity contribution in [1.29, 1.82) is 0 Å². The molecule has 72 valence electrons. The van der Waals surface area contributed by atoms with E-state index in [4.69, 9.17) is 0 Å². The Balaban J connectivity index is 3.44. The van der Waals surface area contributed by atoms with Crippen molar-refractivity contribution < 1.29 is 5.11 Å². The predicted molar refractivity (Wildman–Crippen MR) is 80.3 cm³/mol. The van der Waals surface area contributed by atoms with Gasteiger partial charge >= 0.3 is 0 Å². The van der Waals surface area contributed by atoms with E-state index in [0.29, 0.717) is 11.7 Å². The van der Waals surface area contributed by atoms with Crippen molar-refractivity contribution in [2.45, 2.75) is 19.8 Å². The van der Waals surface area contributed by atoms with Crippen LogP contribution in [0, 0.1) is 10.7 Å². The summed E-state index contributed by atoms with van der Waals surface area (Å²) in [5, 5.41) is 9.74. The minimum absolute atomic E-state index is 0.422. The van der Waals surface area contributed by atoms with Crippen LogP contribution in [-0.2, 0) is 0 Å². The van der Waals surface area contributed by atoms with Gasteiger partial charge in [0.2, 0.25) is 0 Å². The molecule has 0 aromatic heterocycles. The molecule has 0 fully saturated rings. The van der Waals surface area contributed by atoms with Crippen LogP contribution in [-0.4, -0.2) is 5.11 Å². The second kappa shape index (κ2) is 4.82. The van der Waals surface area contributed by atoms with Gasteiger partial charge in [-0.3, -0.25) is 0 Å². The molecule has 0 bridgehead atoms. The van der Waals surface area contributed by atoms with Gasteiger partial charge in [0.1, 0.15) is 5.75 Å². The van der Waals surface area contributed by atoms with E-state index < -0.39 is 0 Å². The fourth-order valence-electron chi connectivity index (χ4n) is 1.12. The lowest BCUT2D eigenvalue weighted by atomic mass is 10.0. The van der Waals surface area contributed by atoms with Gasteiger partial charge in [0.25, 0.3) is 0 Å². The molecule has 0 spiro atoms. The van der Waals surface area contributed by atoms with Crippen molar-refractivity contribution >= 4 is 67.8 Å². The Labute approximate surface area is 119 Å². The first-order chi connectivity index (χ1) is 5.95. The van der Waals surface area contributed by atoms with Crippen molar-refractivity contribution in [2.75, 3.05) is 0 Å². The number of phenolic OH excluding ortho intramolecular Hbond substituents is 1. The fourth-order valence-corrected chi connectivity index (χ4v) is 5.74. The Hall–Kier alpha value is 1.21. The Bertz CT molecular complexity index is 334. The summed E-state index contributed by atoms with van der Waals surface area (Å²) in [7, 11) is 0. The van der Waals surface area contributed by atoms with Crippen LogP contribution in [0.25, 0.3) is 0 Å². The molecule has 0 aliphatic rings. The molecule has 0 amide bonds. The summed E-state index contributed by atoms with van der Waals surface area (Å²) in [5.74, 6) is 0.881. The molecule has 13 heavy (non-hydrogen) atoms. The lowest BCUT2D eigenvalue weighted by molar-refractivity contribution is 0.465. The van der Waals surface area contributed by atoms with Crippen molar-refractivity contribution in [3.8, 4) is 5.75 Å². The summed E-state index contributed by atoms with van der Waals surface area (Å²) in [6, 6.07) is 2.02. The van der Waals surface area contributed by atoms with E-state index in [0.717, 1.165) is 7.14 Å². The average molecular weight is 514 g/mol. The number of hydrogen-bond acceptors (Lipinski definition) is 1. The molecule has 0 radical (unpaired) electrons. The van der Waals surface area contributed by atoms with Crippen LogP contribution in [0.2, 0.25) is 0 Å². The van der Waals surface area contributed by atoms with Crippen molar-refractivity contribution in [3.05, 3.63) is 22.3 Å². The Morgan fingerprint density at radius 1 is 1.15 bits per heavy atom. The highest BCUT2D eigenvalue weighted by Gasteiger charge is 2.15. The summed E-state index contributed by atoms with van der Waals surface area (Å²) < 4.78 is 3.15. The molecule has 1 aromatic carbocycles. The number of benzene rings is 1. The van der Waals surface area contributed by atoms with Gasteiger partial charge < -0.3 is 5.11 Å². The lowest BCUT2D eigenvalue weighted by Crippen LogP contribution is -1.97. The SMILES string of the molecule is CC(C)c1c(I)cc(I)c(O)c1I. The van der Waals surface area contributed by atoms with Gasteiger partial charge in [-0.25, -0.2) is 0 Å². The van der Waals surface area contributed by atoms with Gasteiger partial charge in [-0.15, -0.1) is 0 Å². The van der Waals surface area contributed by atoms with E-state index in [2.05, 4.69) is 81.6 Å². The van der Waals surface area contributed by atoms with Gasteiger partial charge in [0.05, 0.1) is 7.14 Å². The quantitative estimate of drug-likeness (QED) is 0.554. The highest BCUT2D eigenvalue weighted by atomic mass is 127. The fraction of sp³-hybridized carbons (Fsp3) is 0.333. The number of aromatic hydroxyl groups is 1. The van der Waals surface area contributed by atoms with E-state index in [1.165, 1.54) is 9.13 Å². The minimum Gasteiger partial charge on any atom is -0.506 e. The zero-order valence-corrected chi connectivity index (χ0v) is 13.7. The summed E-state index contributed by atoms with van der Waals surface area (Å²) in [6.07, 6.45) is 0. The average Bonchev–Trinajstić information content (AvgIpc) is 1.99. The van der Waals surface area contributed by atoms with Gasteiger partial charge in [-0.2, -0.15) is 0 Å². The van der Waals surface area contributed by atoms with Crippen LogP contribution in [0.15, 0.2) is 6.07 Å². The molecule has 0 heterocycles. The molecule has 0 saturated carbocycles. The molecule has 0 aliphatic heterocycles. The van der Waals surface area contributed by atoms with Gasteiger partial charge in [-0.05, 0) is 85.3 Å². The molecular weight excluding hydrogens is 505 g/mol. The maximum Gasteiger partial charge on any atom is 0.142 e. The van der Waals surface area contributed by atoms with Crippen LogP contribution in [0.4, 0.5) is 0 Å². The summed E-state index contributed by atoms with van der Waals surface area (Å²) in [6.45, 7) is 4.29. The second-order valence-corrected chi connectivity index (χ2v) is 6.47. The second-order valence-electron chi connectivity index (χ2n) is 3.07. The first-order valence-electron chi connectivity index (χ1n) is 3.81. The summed E-state index contributed by atoms with van der Waals surface area (Å²) in [4.78, 5) is 0. The zero-order valence-electron chi connectivity index (χ0n) is 7.24. The minimum atomic E-state index is 0.422. The molecule has 0 saturated heterocycles. The van der Waals surface area contributed by atoms with Crippen LogP contribution in [0.1, 0.15) is 25.3 Å². The summed E-state index contributed by atoms with van der Waals surface area (Å²) in [5.41, 5.74) is 1.25. The molecule has 1 aromatic rings. The van der Waals surface area contributed by atoms with E-state index in [1.54, 1.807) is 0 Å². The number of hydrogen-bond donors (Lipinski definition) is 1. The molecule has 0 unspecified atom stereocenters. The third-order valence-electron chi connectivity index (χ3n) is 1.76. The van der Waals surface area contributed by atoms with Crippen LogP contribution >= 0.6 is 67.8 Å². The van der Waals surface area contributed by atoms with Gasteiger partial charge in [0.15, 0.2) is 0 Å². The van der Waals surface area contributed by atoms with Crippen LogP contribution in [0.3, 0.4) is 0 Å². The third kappa shape index (κ3) is 2.61. The Kier molecular flexibility index (Phi) is 4.55. The van der Waals surface area contributed by atoms with Crippen LogP contribution in [0.5, 0.6) is 5.75 Å².